The van der Waals surface area contributed by atoms with E-state index in [1.807, 2.05) is 6.92 Å². The second-order valence-corrected chi connectivity index (χ2v) is 3.25. The highest BCUT2D eigenvalue weighted by Crippen LogP contribution is 2.15. The van der Waals surface area contributed by atoms with Crippen LogP contribution in [0, 0.1) is 11.3 Å². The molecule has 0 amide bonds. The van der Waals surface area contributed by atoms with Gasteiger partial charge < -0.3 is 4.90 Å². The molecular formula is C8H16N2. The van der Waals surface area contributed by atoms with Gasteiger partial charge in [0.05, 0.1) is 5.84 Å². The van der Waals surface area contributed by atoms with E-state index in [2.05, 4.69) is 11.8 Å². The molecular weight excluding hydrogens is 124 g/mol. The molecule has 0 radical (unpaired) electrons. The van der Waals surface area contributed by atoms with Crippen molar-refractivity contribution in [2.45, 2.75) is 26.7 Å². The maximum absolute atomic E-state index is 7.38. The van der Waals surface area contributed by atoms with E-state index >= 15 is 0 Å². The molecule has 2 nitrogen and oxygen atoms in total. The quantitative estimate of drug-likeness (QED) is 0.402. The molecule has 1 aliphatic rings. The molecule has 0 atom stereocenters. The summed E-state index contributed by atoms with van der Waals surface area (Å²) in [6.07, 6.45) is 2.52. The fourth-order valence-electron chi connectivity index (χ4n) is 1.34. The highest BCUT2D eigenvalue weighted by atomic mass is 15.2. The van der Waals surface area contributed by atoms with Crippen molar-refractivity contribution in [3.8, 4) is 0 Å². The fraction of sp³-hybridized carbons (Fsp3) is 0.875. The van der Waals surface area contributed by atoms with Crippen LogP contribution >= 0.6 is 0 Å². The molecule has 1 saturated heterocycles. The molecule has 10 heavy (non-hydrogen) atoms. The number of hydrogen-bond donors (Lipinski definition) is 1. The summed E-state index contributed by atoms with van der Waals surface area (Å²) in [5.74, 6) is 1.60. The number of amidine groups is 1. The van der Waals surface area contributed by atoms with E-state index in [1.54, 1.807) is 0 Å². The van der Waals surface area contributed by atoms with Gasteiger partial charge in [-0.25, -0.2) is 0 Å². The Morgan fingerprint density at radius 2 is 1.90 bits per heavy atom. The lowest BCUT2D eigenvalue weighted by molar-refractivity contribution is 0.278. The summed E-state index contributed by atoms with van der Waals surface area (Å²) < 4.78 is 0. The lowest BCUT2D eigenvalue weighted by atomic mass is 9.99. The van der Waals surface area contributed by atoms with E-state index in [0.29, 0.717) is 0 Å². The Bertz CT molecular complexity index is 123. The highest BCUT2D eigenvalue weighted by molar-refractivity contribution is 5.76. The smallest absolute Gasteiger partial charge is 0.0925 e. The minimum absolute atomic E-state index is 0.729. The second kappa shape index (κ2) is 3.04. The van der Waals surface area contributed by atoms with Crippen molar-refractivity contribution in [1.82, 2.24) is 4.90 Å². The first-order valence-corrected chi connectivity index (χ1v) is 4.00. The third kappa shape index (κ3) is 1.72. The van der Waals surface area contributed by atoms with Crippen LogP contribution in [0.4, 0.5) is 0 Å². The predicted molar refractivity (Wildman–Crippen MR) is 43.4 cm³/mol. The number of hydrogen-bond acceptors (Lipinski definition) is 1. The molecule has 2 heteroatoms. The van der Waals surface area contributed by atoms with Gasteiger partial charge in [-0.15, -0.1) is 0 Å². The van der Waals surface area contributed by atoms with E-state index in [9.17, 15) is 0 Å². The van der Waals surface area contributed by atoms with Crippen molar-refractivity contribution in [2.75, 3.05) is 13.1 Å². The number of rotatable bonds is 0. The van der Waals surface area contributed by atoms with E-state index in [4.69, 9.17) is 5.41 Å². The Balaban J connectivity index is 2.33. The molecule has 0 aliphatic carbocycles. The molecule has 0 saturated carbocycles. The first-order chi connectivity index (χ1) is 4.70. The highest BCUT2D eigenvalue weighted by Gasteiger charge is 2.14. The Morgan fingerprint density at radius 3 is 2.30 bits per heavy atom. The maximum atomic E-state index is 7.38. The van der Waals surface area contributed by atoms with Crippen LogP contribution in [0.25, 0.3) is 0 Å². The number of nitrogens with zero attached hydrogens (tertiary/aromatic N) is 1. The van der Waals surface area contributed by atoms with Crippen molar-refractivity contribution in [3.05, 3.63) is 0 Å². The maximum Gasteiger partial charge on any atom is 0.0925 e. The topological polar surface area (TPSA) is 27.1 Å². The van der Waals surface area contributed by atoms with Gasteiger partial charge in [-0.2, -0.15) is 0 Å². The summed E-state index contributed by atoms with van der Waals surface area (Å²) in [6, 6.07) is 0. The molecule has 1 rings (SSSR count). The van der Waals surface area contributed by atoms with Crippen LogP contribution in [0.2, 0.25) is 0 Å². The van der Waals surface area contributed by atoms with Gasteiger partial charge in [0.15, 0.2) is 0 Å². The van der Waals surface area contributed by atoms with Crippen LogP contribution in [-0.2, 0) is 0 Å². The largest absolute Gasteiger partial charge is 0.361 e. The van der Waals surface area contributed by atoms with Gasteiger partial charge in [-0.3, -0.25) is 5.41 Å². The summed E-state index contributed by atoms with van der Waals surface area (Å²) in [6.45, 7) is 6.35. The zero-order chi connectivity index (χ0) is 7.56. The number of likely N-dealkylation sites (tertiary alicyclic amines) is 1. The van der Waals surface area contributed by atoms with Gasteiger partial charge in [-0.1, -0.05) is 6.92 Å². The van der Waals surface area contributed by atoms with Crippen LogP contribution in [0.5, 0.6) is 0 Å². The lowest BCUT2D eigenvalue weighted by Crippen LogP contribution is -2.35. The van der Waals surface area contributed by atoms with Crippen molar-refractivity contribution in [3.63, 3.8) is 0 Å². The summed E-state index contributed by atoms with van der Waals surface area (Å²) >= 11 is 0. The van der Waals surface area contributed by atoms with Gasteiger partial charge in [0.1, 0.15) is 0 Å². The summed E-state index contributed by atoms with van der Waals surface area (Å²) in [4.78, 5) is 2.15. The van der Waals surface area contributed by atoms with Crippen molar-refractivity contribution < 1.29 is 0 Å². The van der Waals surface area contributed by atoms with Crippen LogP contribution in [0.1, 0.15) is 26.7 Å². The zero-order valence-electron chi connectivity index (χ0n) is 6.85. The SMILES string of the molecule is CC(=N)N1CCC(C)CC1. The molecule has 0 unspecified atom stereocenters. The van der Waals surface area contributed by atoms with Crippen LogP contribution in [0.15, 0.2) is 0 Å². The van der Waals surface area contributed by atoms with Gasteiger partial charge in [0.2, 0.25) is 0 Å². The normalized spacial score (nSPS) is 21.2. The molecule has 58 valence electrons. The Hall–Kier alpha value is -0.530. The minimum atomic E-state index is 0.729. The van der Waals surface area contributed by atoms with Gasteiger partial charge in [-0.05, 0) is 25.7 Å². The summed E-state index contributed by atoms with van der Waals surface area (Å²) in [5, 5.41) is 7.38. The summed E-state index contributed by atoms with van der Waals surface area (Å²) in [5.41, 5.74) is 0. The Morgan fingerprint density at radius 1 is 1.40 bits per heavy atom. The van der Waals surface area contributed by atoms with Gasteiger partial charge >= 0.3 is 0 Å². The average Bonchev–Trinajstić information content (AvgIpc) is 1.88. The predicted octanol–water partition coefficient (Wildman–Crippen LogP) is 1.72. The van der Waals surface area contributed by atoms with E-state index < -0.39 is 0 Å². The third-order valence-corrected chi connectivity index (χ3v) is 2.26. The Labute approximate surface area is 62.7 Å². The molecule has 0 spiro atoms. The van der Waals surface area contributed by atoms with Crippen LogP contribution in [0.3, 0.4) is 0 Å². The average molecular weight is 140 g/mol. The second-order valence-electron chi connectivity index (χ2n) is 3.25. The van der Waals surface area contributed by atoms with Crippen LogP contribution < -0.4 is 0 Å². The molecule has 1 heterocycles. The van der Waals surface area contributed by atoms with Crippen molar-refractivity contribution in [1.29, 1.82) is 5.41 Å². The van der Waals surface area contributed by atoms with Crippen molar-refractivity contribution >= 4 is 5.84 Å². The van der Waals surface area contributed by atoms with Crippen LogP contribution in [-0.4, -0.2) is 23.8 Å². The fourth-order valence-corrected chi connectivity index (χ4v) is 1.34. The molecule has 0 aromatic carbocycles. The van der Waals surface area contributed by atoms with Gasteiger partial charge in [0.25, 0.3) is 0 Å². The van der Waals surface area contributed by atoms with E-state index in [0.717, 1.165) is 24.8 Å². The van der Waals surface area contributed by atoms with E-state index in [-0.39, 0.29) is 0 Å². The van der Waals surface area contributed by atoms with E-state index in [1.165, 1.54) is 12.8 Å². The molecule has 1 aliphatic heterocycles. The molecule has 0 bridgehead atoms. The molecule has 1 N–H and O–H groups in total. The minimum Gasteiger partial charge on any atom is -0.361 e. The zero-order valence-corrected chi connectivity index (χ0v) is 6.85. The number of piperidine rings is 1. The lowest BCUT2D eigenvalue weighted by Gasteiger charge is -2.30. The molecule has 0 aromatic heterocycles. The third-order valence-electron chi connectivity index (χ3n) is 2.26. The first-order valence-electron chi connectivity index (χ1n) is 4.00. The summed E-state index contributed by atoms with van der Waals surface area (Å²) in [7, 11) is 0. The molecule has 0 aromatic rings. The first kappa shape index (κ1) is 7.58. The Kier molecular flexibility index (Phi) is 2.30. The standard InChI is InChI=1S/C8H16N2/c1-7-3-5-10(6-4-7)8(2)9/h7,9H,3-6H2,1-2H3. The number of nitrogens with one attached hydrogen (secondary N) is 1. The monoisotopic (exact) mass is 140 g/mol. The van der Waals surface area contributed by atoms with Crippen molar-refractivity contribution in [2.24, 2.45) is 5.92 Å². The molecule has 1 fully saturated rings. The van der Waals surface area contributed by atoms with Gasteiger partial charge in [0, 0.05) is 13.1 Å².